The number of rotatable bonds is 1. The van der Waals surface area contributed by atoms with E-state index in [1.54, 1.807) is 13.8 Å². The molecule has 2 saturated heterocycles. The Balaban J connectivity index is 0.00000112. The molecule has 0 spiro atoms. The van der Waals surface area contributed by atoms with Gasteiger partial charge in [-0.05, 0) is 13.8 Å². The van der Waals surface area contributed by atoms with E-state index in [4.69, 9.17) is 5.11 Å². The molecule has 0 aliphatic carbocycles. The van der Waals surface area contributed by atoms with Gasteiger partial charge in [-0.3, -0.25) is 13.9 Å². The second-order valence-corrected chi connectivity index (χ2v) is 6.23. The Bertz CT molecular complexity index is 362. The van der Waals surface area contributed by atoms with Gasteiger partial charge in [0, 0.05) is 0 Å². The molecular weight excluding hydrogens is 265 g/mol. The van der Waals surface area contributed by atoms with Crippen molar-refractivity contribution in [3.8, 4) is 0 Å². The van der Waals surface area contributed by atoms with Crippen molar-refractivity contribution < 1.29 is 65.8 Å². The van der Waals surface area contributed by atoms with Crippen LogP contribution in [0.4, 0.5) is 0 Å². The van der Waals surface area contributed by atoms with Gasteiger partial charge >= 0.3 is 35.5 Å². The molecule has 5 nitrogen and oxygen atoms in total. The van der Waals surface area contributed by atoms with E-state index in [1.165, 1.54) is 6.42 Å². The molecule has 2 unspecified atom stereocenters. The Morgan fingerprint density at radius 2 is 2.06 bits per heavy atom. The summed E-state index contributed by atoms with van der Waals surface area (Å²) in [5.74, 6) is -1.30. The van der Waals surface area contributed by atoms with Crippen LogP contribution in [0.5, 0.6) is 0 Å². The van der Waals surface area contributed by atoms with E-state index in [9.17, 15) is 13.8 Å². The second-order valence-electron chi connectivity index (χ2n) is 4.08. The van der Waals surface area contributed by atoms with Crippen molar-refractivity contribution in [1.82, 2.24) is 0 Å². The predicted molar refractivity (Wildman–Crippen MR) is 47.7 cm³/mol. The average Bonchev–Trinajstić information content (AvgIpc) is 2.21. The zero-order valence-electron chi connectivity index (χ0n) is 9.19. The Labute approximate surface area is 124 Å². The van der Waals surface area contributed by atoms with Crippen LogP contribution < -0.4 is 46.9 Å². The van der Waals surface area contributed by atoms with E-state index in [-0.39, 0.29) is 47.9 Å². The molecule has 2 aliphatic heterocycles. The molecule has 0 aromatic carbocycles. The van der Waals surface area contributed by atoms with Crippen molar-refractivity contribution in [1.29, 1.82) is 0 Å². The average molecular weight is 276 g/mol. The number of hydrogen-bond donors (Lipinski definition) is 2. The number of quaternary nitrogens is 1. The van der Waals surface area contributed by atoms with E-state index in [2.05, 4.69) is 0 Å². The number of carboxylic acid groups (broad SMARTS) is 1. The summed E-state index contributed by atoms with van der Waals surface area (Å²) in [5, 5.41) is 8.57. The van der Waals surface area contributed by atoms with Crippen LogP contribution in [0.15, 0.2) is 0 Å². The van der Waals surface area contributed by atoms with Crippen molar-refractivity contribution in [2.24, 2.45) is 0 Å². The van der Waals surface area contributed by atoms with Gasteiger partial charge in [0.2, 0.25) is 6.04 Å². The molecule has 2 rings (SSSR count). The molecular formula is C8H11ClNNaO4S. The van der Waals surface area contributed by atoms with Gasteiger partial charge in [-0.2, -0.15) is 6.42 Å². The minimum absolute atomic E-state index is 0. The van der Waals surface area contributed by atoms with Crippen LogP contribution in [0, 0.1) is 6.42 Å². The molecule has 1 amide bonds. The molecule has 0 bridgehead atoms. The van der Waals surface area contributed by atoms with E-state index >= 15 is 0 Å². The number of hydrogen-bond acceptors (Lipinski definition) is 3. The summed E-state index contributed by atoms with van der Waals surface area (Å²) >= 11 is 0. The van der Waals surface area contributed by atoms with Gasteiger partial charge in [0.25, 0.3) is 0 Å². The molecule has 0 saturated carbocycles. The Kier molecular flexibility index (Phi) is 5.08. The van der Waals surface area contributed by atoms with E-state index in [0.29, 0.717) is 4.90 Å². The maximum atomic E-state index is 11.8. The summed E-state index contributed by atoms with van der Waals surface area (Å²) in [7, 11) is -1.29. The van der Waals surface area contributed by atoms with Gasteiger partial charge in [0.1, 0.15) is 4.75 Å². The van der Waals surface area contributed by atoms with Gasteiger partial charge in [-0.25, -0.2) is 4.79 Å². The summed E-state index contributed by atoms with van der Waals surface area (Å²) in [6.07, 6.45) is 1.36. The van der Waals surface area contributed by atoms with Crippen molar-refractivity contribution in [2.45, 2.75) is 30.0 Å². The molecule has 86 valence electrons. The van der Waals surface area contributed by atoms with Gasteiger partial charge < -0.3 is 17.5 Å². The smallest absolute Gasteiger partial charge is 1.00 e. The Hall–Kier alpha value is 0.410. The van der Waals surface area contributed by atoms with Crippen LogP contribution >= 0.6 is 0 Å². The summed E-state index contributed by atoms with van der Waals surface area (Å²) in [6, 6.07) is -0.883. The Morgan fingerprint density at radius 1 is 1.56 bits per heavy atom. The van der Waals surface area contributed by atoms with Crippen molar-refractivity contribution in [3.05, 3.63) is 6.42 Å². The molecule has 2 heterocycles. The molecule has 8 heteroatoms. The van der Waals surface area contributed by atoms with Crippen molar-refractivity contribution in [2.75, 3.05) is 0 Å². The number of amides is 1. The summed E-state index contributed by atoms with van der Waals surface area (Å²) < 4.78 is 11.0. The van der Waals surface area contributed by atoms with E-state index in [0.717, 1.165) is 0 Å². The molecule has 16 heavy (non-hydrogen) atoms. The maximum Gasteiger partial charge on any atom is 1.00 e. The van der Waals surface area contributed by atoms with Crippen molar-refractivity contribution >= 4 is 22.7 Å². The predicted octanol–water partition coefficient (Wildman–Crippen LogP) is -8.06. The monoisotopic (exact) mass is 275 g/mol. The Morgan fingerprint density at radius 3 is 2.38 bits per heavy atom. The summed E-state index contributed by atoms with van der Waals surface area (Å²) in [6.45, 7) is 3.27. The third-order valence-electron chi connectivity index (χ3n) is 2.90. The van der Waals surface area contributed by atoms with Crippen LogP contribution in [0.2, 0.25) is 0 Å². The van der Waals surface area contributed by atoms with Gasteiger partial charge in [0.05, 0.1) is 16.2 Å². The first kappa shape index (κ1) is 16.4. The van der Waals surface area contributed by atoms with Crippen LogP contribution in [0.25, 0.3) is 0 Å². The number of halogens is 1. The molecule has 2 N–H and O–H groups in total. The fraction of sp³-hybridized carbons (Fsp3) is 0.625. The molecule has 0 aromatic heterocycles. The standard InChI is InChI=1S/C8H10NO4S.ClH.Na/c1-8(2)6(7(11)12)9-4(10)3-5(9)14(8)13;;/h3,5-6H,1-2H3,(H,11,12);1H;/q-1;;+1/t5-,6+,14?;;/m1../s1. The quantitative estimate of drug-likeness (QED) is 0.283. The molecule has 0 radical (unpaired) electrons. The minimum atomic E-state index is -1.29. The number of nitrogens with one attached hydrogen (secondary N) is 1. The summed E-state index contributed by atoms with van der Waals surface area (Å²) in [5.41, 5.74) is 0. The normalized spacial score (nSPS) is 38.2. The number of β-lactam (4-membered cyclic amide) rings is 1. The number of aliphatic carboxylic acids is 1. The number of carboxylic acids is 1. The van der Waals surface area contributed by atoms with E-state index in [1.807, 2.05) is 0 Å². The van der Waals surface area contributed by atoms with Crippen molar-refractivity contribution in [3.63, 3.8) is 0 Å². The SMILES string of the molecule is CC1(C)[C@H](C(=O)O)[NH+]2C(=O)[CH-][C@H]2S1=O.[Cl-].[Na+]. The van der Waals surface area contributed by atoms with Crippen LogP contribution in [-0.4, -0.2) is 37.4 Å². The first-order valence-corrected chi connectivity index (χ1v) is 5.48. The fourth-order valence-corrected chi connectivity index (χ4v) is 3.94. The van der Waals surface area contributed by atoms with Crippen LogP contribution in [-0.2, 0) is 20.4 Å². The topological polar surface area (TPSA) is 75.9 Å². The first-order chi connectivity index (χ1) is 6.37. The fourth-order valence-electron chi connectivity index (χ4n) is 2.10. The minimum Gasteiger partial charge on any atom is -1.00 e. The van der Waals surface area contributed by atoms with Gasteiger partial charge in [0.15, 0.2) is 5.91 Å². The summed E-state index contributed by atoms with van der Waals surface area (Å²) in [4.78, 5) is 22.5. The zero-order chi connectivity index (χ0) is 10.7. The molecule has 2 aliphatic rings. The van der Waals surface area contributed by atoms with Gasteiger partial charge in [-0.1, -0.05) is 0 Å². The maximum absolute atomic E-state index is 11.8. The zero-order valence-corrected chi connectivity index (χ0v) is 12.8. The third-order valence-corrected chi connectivity index (χ3v) is 5.02. The second kappa shape index (κ2) is 4.96. The largest absolute Gasteiger partial charge is 1.00 e. The van der Waals surface area contributed by atoms with Gasteiger partial charge in [-0.15, -0.1) is 0 Å². The number of carbonyl (C=O) groups excluding carboxylic acids is 1. The van der Waals surface area contributed by atoms with E-state index < -0.39 is 32.9 Å². The van der Waals surface area contributed by atoms with Crippen LogP contribution in [0.3, 0.4) is 0 Å². The first-order valence-electron chi connectivity index (χ1n) is 4.27. The molecule has 4 atom stereocenters. The third kappa shape index (κ3) is 1.95. The number of fused-ring (bicyclic) bond motifs is 1. The number of carbonyl (C=O) groups is 2. The van der Waals surface area contributed by atoms with Crippen LogP contribution in [0.1, 0.15) is 13.8 Å². The molecule has 2 fully saturated rings. The molecule has 0 aromatic rings.